The van der Waals surface area contributed by atoms with Crippen LogP contribution in [0.1, 0.15) is 11.5 Å². The molecule has 0 saturated heterocycles. The zero-order chi connectivity index (χ0) is 21.7. The number of methoxy groups -OCH3 is 2. The van der Waals surface area contributed by atoms with E-state index in [1.165, 1.54) is 32.4 Å². The third-order valence-corrected chi connectivity index (χ3v) is 4.44. The van der Waals surface area contributed by atoms with Crippen molar-refractivity contribution in [3.05, 3.63) is 82.7 Å². The minimum Gasteiger partial charge on any atom is -0.466 e. The predicted octanol–water partition coefficient (Wildman–Crippen LogP) is 3.50. The highest BCUT2D eigenvalue weighted by Gasteiger charge is 2.37. The smallest absolute Gasteiger partial charge is 0.338 e. The van der Waals surface area contributed by atoms with Crippen molar-refractivity contribution in [1.29, 1.82) is 5.26 Å². The zero-order valence-electron chi connectivity index (χ0n) is 16.3. The number of carbonyl (C=O) groups excluding carboxylic acids is 1. The molecule has 2 aromatic rings. The molecule has 1 aliphatic heterocycles. The van der Waals surface area contributed by atoms with Gasteiger partial charge in [-0.2, -0.15) is 5.26 Å². The molecule has 0 bridgehead atoms. The largest absolute Gasteiger partial charge is 0.466 e. The lowest BCUT2D eigenvalue weighted by molar-refractivity contribution is -0.136. The van der Waals surface area contributed by atoms with Crippen LogP contribution >= 0.6 is 0 Å². The maximum Gasteiger partial charge on any atom is 0.338 e. The molecule has 7 nitrogen and oxygen atoms in total. The van der Waals surface area contributed by atoms with Gasteiger partial charge in [-0.1, -0.05) is 24.3 Å². The summed E-state index contributed by atoms with van der Waals surface area (Å²) >= 11 is 0. The summed E-state index contributed by atoms with van der Waals surface area (Å²) in [6.07, 6.45) is 0. The van der Waals surface area contributed by atoms with E-state index in [-0.39, 0.29) is 35.1 Å². The first-order chi connectivity index (χ1) is 14.5. The van der Waals surface area contributed by atoms with Crippen LogP contribution < -0.4 is 10.5 Å². The molecule has 1 heterocycles. The van der Waals surface area contributed by atoms with Gasteiger partial charge in [-0.25, -0.2) is 9.18 Å². The molecule has 3 rings (SSSR count). The molecule has 0 spiro atoms. The lowest BCUT2D eigenvalue weighted by Crippen LogP contribution is -2.27. The Labute approximate surface area is 172 Å². The van der Waals surface area contributed by atoms with Crippen molar-refractivity contribution in [1.82, 2.24) is 0 Å². The quantitative estimate of drug-likeness (QED) is 0.727. The number of carbonyl (C=O) groups is 1. The molecule has 0 radical (unpaired) electrons. The van der Waals surface area contributed by atoms with Gasteiger partial charge in [-0.15, -0.1) is 0 Å². The van der Waals surface area contributed by atoms with Gasteiger partial charge in [0.15, 0.2) is 11.6 Å². The summed E-state index contributed by atoms with van der Waals surface area (Å²) in [5.41, 5.74) is 6.36. The number of hydrogen-bond donors (Lipinski definition) is 1. The van der Waals surface area contributed by atoms with Crippen molar-refractivity contribution < 1.29 is 28.1 Å². The Morgan fingerprint density at radius 1 is 1.23 bits per heavy atom. The number of nitriles is 1. The van der Waals surface area contributed by atoms with Gasteiger partial charge in [0.2, 0.25) is 5.88 Å². The van der Waals surface area contributed by atoms with Gasteiger partial charge in [0.25, 0.3) is 0 Å². The standard InChI is InChI=1S/C22H19FN2O5/c1-27-12-18-20(22(26)28-2)19(15(11-24)21(25)30-18)13-8-9-16(23)17(10-13)29-14-6-4-3-5-7-14/h3-10,19H,12,25H2,1-2H3. The Morgan fingerprint density at radius 3 is 2.60 bits per heavy atom. The number of nitrogens with two attached hydrogens (primary N) is 1. The van der Waals surface area contributed by atoms with Crippen molar-refractivity contribution in [2.24, 2.45) is 5.73 Å². The van der Waals surface area contributed by atoms with Gasteiger partial charge in [0.1, 0.15) is 29.8 Å². The molecule has 0 aliphatic carbocycles. The number of nitrogens with zero attached hydrogens (tertiary/aromatic N) is 1. The monoisotopic (exact) mass is 410 g/mol. The van der Waals surface area contributed by atoms with Crippen LogP contribution in [0, 0.1) is 17.1 Å². The topological polar surface area (TPSA) is 104 Å². The zero-order valence-corrected chi connectivity index (χ0v) is 16.3. The van der Waals surface area contributed by atoms with Crippen LogP contribution in [0.15, 0.2) is 71.3 Å². The second-order valence-electron chi connectivity index (χ2n) is 6.29. The van der Waals surface area contributed by atoms with E-state index >= 15 is 0 Å². The summed E-state index contributed by atoms with van der Waals surface area (Å²) in [6, 6.07) is 14.7. The first kappa shape index (κ1) is 20.9. The van der Waals surface area contributed by atoms with Crippen LogP contribution in [0.2, 0.25) is 0 Å². The molecule has 0 fully saturated rings. The fraction of sp³-hybridized carbons (Fsp3) is 0.182. The van der Waals surface area contributed by atoms with Crippen LogP contribution in [-0.2, 0) is 19.0 Å². The van der Waals surface area contributed by atoms with Crippen molar-refractivity contribution in [2.45, 2.75) is 5.92 Å². The molecule has 30 heavy (non-hydrogen) atoms. The molecule has 0 amide bonds. The highest BCUT2D eigenvalue weighted by atomic mass is 19.1. The molecule has 8 heteroatoms. The summed E-state index contributed by atoms with van der Waals surface area (Å²) in [5, 5.41) is 9.66. The number of hydrogen-bond acceptors (Lipinski definition) is 7. The number of para-hydroxylation sites is 1. The van der Waals surface area contributed by atoms with Gasteiger partial charge in [-0.05, 0) is 29.8 Å². The normalized spacial score (nSPS) is 16.0. The molecule has 1 aliphatic rings. The Balaban J connectivity index is 2.14. The summed E-state index contributed by atoms with van der Waals surface area (Å²) in [6.45, 7) is -0.0745. The first-order valence-electron chi connectivity index (χ1n) is 8.90. The fourth-order valence-electron chi connectivity index (χ4n) is 3.12. The van der Waals surface area contributed by atoms with Crippen LogP contribution in [0.25, 0.3) is 0 Å². The van der Waals surface area contributed by atoms with E-state index in [0.29, 0.717) is 11.3 Å². The highest BCUT2D eigenvalue weighted by Crippen LogP contribution is 2.41. The van der Waals surface area contributed by atoms with Crippen LogP contribution in [0.3, 0.4) is 0 Å². The van der Waals surface area contributed by atoms with Crippen LogP contribution in [0.5, 0.6) is 11.5 Å². The minimum atomic E-state index is -0.944. The Kier molecular flexibility index (Phi) is 6.35. The molecule has 2 N–H and O–H groups in total. The minimum absolute atomic E-state index is 0.00692. The summed E-state index contributed by atoms with van der Waals surface area (Å²) in [7, 11) is 2.63. The molecule has 1 unspecified atom stereocenters. The van der Waals surface area contributed by atoms with Gasteiger partial charge in [0.05, 0.1) is 18.6 Å². The predicted molar refractivity (Wildman–Crippen MR) is 104 cm³/mol. The van der Waals surface area contributed by atoms with Gasteiger partial charge >= 0.3 is 5.97 Å². The second kappa shape index (κ2) is 9.11. The molecule has 0 aromatic heterocycles. The second-order valence-corrected chi connectivity index (χ2v) is 6.29. The van der Waals surface area contributed by atoms with Gasteiger partial charge < -0.3 is 24.7 Å². The Morgan fingerprint density at radius 2 is 1.97 bits per heavy atom. The molecular weight excluding hydrogens is 391 g/mol. The number of rotatable bonds is 6. The molecule has 154 valence electrons. The number of benzene rings is 2. The number of ether oxygens (including phenoxy) is 4. The number of allylic oxidation sites excluding steroid dienone is 1. The molecule has 1 atom stereocenters. The Bertz CT molecular complexity index is 1060. The average molecular weight is 410 g/mol. The first-order valence-corrected chi connectivity index (χ1v) is 8.90. The maximum atomic E-state index is 14.4. The van der Waals surface area contributed by atoms with Crippen molar-refractivity contribution in [3.8, 4) is 17.6 Å². The SMILES string of the molecule is COCC1=C(C(=O)OC)C(c2ccc(F)c(Oc3ccccc3)c2)C(C#N)=C(N)O1. The van der Waals surface area contributed by atoms with E-state index in [0.717, 1.165) is 0 Å². The van der Waals surface area contributed by atoms with Gasteiger partial charge in [0, 0.05) is 7.11 Å². The average Bonchev–Trinajstić information content (AvgIpc) is 2.75. The third kappa shape index (κ3) is 4.11. The van der Waals surface area contributed by atoms with E-state index in [1.54, 1.807) is 30.3 Å². The summed E-state index contributed by atoms with van der Waals surface area (Å²) < 4.78 is 35.5. The van der Waals surface area contributed by atoms with Crippen LogP contribution in [0.4, 0.5) is 4.39 Å². The maximum absolute atomic E-state index is 14.4. The Hall–Kier alpha value is -3.83. The molecule has 2 aromatic carbocycles. The molecule has 0 saturated carbocycles. The van der Waals surface area contributed by atoms with Gasteiger partial charge in [-0.3, -0.25) is 0 Å². The fourth-order valence-corrected chi connectivity index (χ4v) is 3.12. The van der Waals surface area contributed by atoms with Crippen molar-refractivity contribution in [2.75, 3.05) is 20.8 Å². The number of esters is 1. The van der Waals surface area contributed by atoms with Crippen LogP contribution in [-0.4, -0.2) is 26.8 Å². The van der Waals surface area contributed by atoms with E-state index in [1.807, 2.05) is 6.07 Å². The van der Waals surface area contributed by atoms with E-state index in [4.69, 9.17) is 24.7 Å². The summed E-state index contributed by atoms with van der Waals surface area (Å²) in [4.78, 5) is 12.6. The third-order valence-electron chi connectivity index (χ3n) is 4.44. The van der Waals surface area contributed by atoms with Crippen molar-refractivity contribution in [3.63, 3.8) is 0 Å². The van der Waals surface area contributed by atoms with Crippen molar-refractivity contribution >= 4 is 5.97 Å². The lowest BCUT2D eigenvalue weighted by Gasteiger charge is -2.27. The van der Waals surface area contributed by atoms with E-state index < -0.39 is 17.7 Å². The van der Waals surface area contributed by atoms with E-state index in [9.17, 15) is 14.4 Å². The molecular formula is C22H19FN2O5. The van der Waals surface area contributed by atoms with E-state index in [2.05, 4.69) is 0 Å². The number of halogens is 1. The summed E-state index contributed by atoms with van der Waals surface area (Å²) in [5.74, 6) is -1.97. The lowest BCUT2D eigenvalue weighted by atomic mass is 9.83. The highest BCUT2D eigenvalue weighted by molar-refractivity contribution is 5.92.